The molecule has 7 heavy (non-hydrogen) atoms. The summed E-state index contributed by atoms with van der Waals surface area (Å²) in [6.45, 7) is 1.88. The topological polar surface area (TPSA) is 29.5 Å². The summed E-state index contributed by atoms with van der Waals surface area (Å²) < 4.78 is 4.81. The summed E-state index contributed by atoms with van der Waals surface area (Å²) >= 11 is 0. The molecule has 2 atom stereocenters. The van der Waals surface area contributed by atoms with E-state index in [1.807, 2.05) is 13.0 Å². The highest BCUT2D eigenvalue weighted by atomic mass is 16.6. The van der Waals surface area contributed by atoms with Crippen molar-refractivity contribution in [1.82, 2.24) is 0 Å². The molecule has 0 aliphatic carbocycles. The summed E-state index contributed by atoms with van der Waals surface area (Å²) in [6, 6.07) is 0. The third kappa shape index (κ3) is 1.01. The molecule has 0 bridgehead atoms. The Labute approximate surface area is 42.4 Å². The first-order chi connectivity index (χ1) is 3.29. The van der Waals surface area contributed by atoms with E-state index >= 15 is 0 Å². The zero-order chi connectivity index (χ0) is 5.28. The molecule has 40 valence electrons. The standard InChI is InChI=1S/C5H8O2/c1-4-2-3-5(6)7-4/h2-6H,1H3. The summed E-state index contributed by atoms with van der Waals surface area (Å²) in [5.41, 5.74) is 0. The van der Waals surface area contributed by atoms with E-state index in [2.05, 4.69) is 0 Å². The van der Waals surface area contributed by atoms with E-state index in [1.165, 1.54) is 0 Å². The van der Waals surface area contributed by atoms with Crippen LogP contribution in [-0.4, -0.2) is 17.5 Å². The highest BCUT2D eigenvalue weighted by Gasteiger charge is 2.09. The third-order valence-electron chi connectivity index (χ3n) is 0.901. The molecule has 0 saturated heterocycles. The van der Waals surface area contributed by atoms with E-state index in [9.17, 15) is 0 Å². The van der Waals surface area contributed by atoms with Crippen molar-refractivity contribution < 1.29 is 9.84 Å². The molecular formula is C5H8O2. The smallest absolute Gasteiger partial charge is 0.174 e. The molecule has 0 spiro atoms. The Bertz CT molecular complexity index is 78.1. The molecule has 2 unspecified atom stereocenters. The Morgan fingerprint density at radius 1 is 1.57 bits per heavy atom. The van der Waals surface area contributed by atoms with Crippen LogP contribution in [0.1, 0.15) is 6.92 Å². The van der Waals surface area contributed by atoms with Gasteiger partial charge in [-0.15, -0.1) is 0 Å². The average Bonchev–Trinajstić information content (AvgIpc) is 1.87. The molecule has 1 rings (SSSR count). The van der Waals surface area contributed by atoms with Crippen molar-refractivity contribution in [3.63, 3.8) is 0 Å². The largest absolute Gasteiger partial charge is 0.365 e. The fourth-order valence-electron chi connectivity index (χ4n) is 0.562. The van der Waals surface area contributed by atoms with Gasteiger partial charge in [-0.25, -0.2) is 0 Å². The number of hydrogen-bond acceptors (Lipinski definition) is 2. The summed E-state index contributed by atoms with van der Waals surface area (Å²) in [6.07, 6.45) is 2.89. The van der Waals surface area contributed by atoms with Crippen LogP contribution in [-0.2, 0) is 4.74 Å². The van der Waals surface area contributed by atoms with Crippen LogP contribution in [0, 0.1) is 0 Å². The zero-order valence-electron chi connectivity index (χ0n) is 4.16. The fourth-order valence-corrected chi connectivity index (χ4v) is 0.562. The molecule has 2 nitrogen and oxygen atoms in total. The van der Waals surface area contributed by atoms with Crippen molar-refractivity contribution in [3.8, 4) is 0 Å². The predicted molar refractivity (Wildman–Crippen MR) is 25.7 cm³/mol. The van der Waals surface area contributed by atoms with Gasteiger partial charge in [0.1, 0.15) is 0 Å². The SMILES string of the molecule is CC1C=CC(O)O1. The lowest BCUT2D eigenvalue weighted by molar-refractivity contribution is -0.0677. The Hall–Kier alpha value is -0.340. The molecule has 0 aromatic carbocycles. The molecule has 0 saturated carbocycles. The summed E-state index contributed by atoms with van der Waals surface area (Å²) in [7, 11) is 0. The van der Waals surface area contributed by atoms with Gasteiger partial charge in [-0.05, 0) is 13.0 Å². The Morgan fingerprint density at radius 3 is 2.43 bits per heavy atom. The summed E-state index contributed by atoms with van der Waals surface area (Å²) in [4.78, 5) is 0. The number of hydrogen-bond donors (Lipinski definition) is 1. The van der Waals surface area contributed by atoms with E-state index in [0.29, 0.717) is 0 Å². The van der Waals surface area contributed by atoms with Crippen molar-refractivity contribution in [3.05, 3.63) is 12.2 Å². The van der Waals surface area contributed by atoms with Gasteiger partial charge in [0.05, 0.1) is 6.10 Å². The van der Waals surface area contributed by atoms with Gasteiger partial charge in [-0.1, -0.05) is 6.08 Å². The lowest BCUT2D eigenvalue weighted by Gasteiger charge is -2.01. The number of aliphatic hydroxyl groups excluding tert-OH is 1. The molecule has 2 heteroatoms. The highest BCUT2D eigenvalue weighted by Crippen LogP contribution is 2.06. The minimum absolute atomic E-state index is 0.0926. The van der Waals surface area contributed by atoms with Crippen LogP contribution >= 0.6 is 0 Å². The Kier molecular flexibility index (Phi) is 1.13. The van der Waals surface area contributed by atoms with Gasteiger partial charge < -0.3 is 9.84 Å². The minimum Gasteiger partial charge on any atom is -0.365 e. The maximum absolute atomic E-state index is 8.59. The van der Waals surface area contributed by atoms with E-state index in [1.54, 1.807) is 6.08 Å². The van der Waals surface area contributed by atoms with Gasteiger partial charge in [0.2, 0.25) is 0 Å². The maximum atomic E-state index is 8.59. The van der Waals surface area contributed by atoms with Crippen LogP contribution in [0.3, 0.4) is 0 Å². The predicted octanol–water partition coefficient (Wildman–Crippen LogP) is 0.280. The summed E-state index contributed by atoms with van der Waals surface area (Å²) in [5.74, 6) is 0. The number of aliphatic hydroxyl groups is 1. The molecule has 1 aliphatic rings. The van der Waals surface area contributed by atoms with Gasteiger partial charge in [0.25, 0.3) is 0 Å². The minimum atomic E-state index is -0.657. The van der Waals surface area contributed by atoms with Gasteiger partial charge in [0.15, 0.2) is 6.29 Å². The first-order valence-corrected chi connectivity index (χ1v) is 2.31. The van der Waals surface area contributed by atoms with Crippen molar-refractivity contribution >= 4 is 0 Å². The fraction of sp³-hybridized carbons (Fsp3) is 0.600. The van der Waals surface area contributed by atoms with Crippen molar-refractivity contribution in [1.29, 1.82) is 0 Å². The zero-order valence-corrected chi connectivity index (χ0v) is 4.16. The lowest BCUT2D eigenvalue weighted by atomic mass is 10.4. The second kappa shape index (κ2) is 1.64. The molecule has 0 fully saturated rings. The first kappa shape index (κ1) is 4.81. The van der Waals surface area contributed by atoms with E-state index in [0.717, 1.165) is 0 Å². The van der Waals surface area contributed by atoms with Crippen LogP contribution in [0.15, 0.2) is 12.2 Å². The second-order valence-corrected chi connectivity index (χ2v) is 1.62. The maximum Gasteiger partial charge on any atom is 0.174 e. The van der Waals surface area contributed by atoms with E-state index < -0.39 is 6.29 Å². The van der Waals surface area contributed by atoms with Crippen LogP contribution in [0.25, 0.3) is 0 Å². The monoisotopic (exact) mass is 100 g/mol. The molecule has 0 aromatic heterocycles. The molecule has 1 N–H and O–H groups in total. The molecule has 1 aliphatic heterocycles. The van der Waals surface area contributed by atoms with Gasteiger partial charge in [0, 0.05) is 0 Å². The number of ether oxygens (including phenoxy) is 1. The first-order valence-electron chi connectivity index (χ1n) is 2.31. The average molecular weight is 100 g/mol. The van der Waals surface area contributed by atoms with Crippen molar-refractivity contribution in [2.75, 3.05) is 0 Å². The van der Waals surface area contributed by atoms with Crippen LogP contribution < -0.4 is 0 Å². The molecule has 1 heterocycles. The number of rotatable bonds is 0. The third-order valence-corrected chi connectivity index (χ3v) is 0.901. The molecule has 0 radical (unpaired) electrons. The molecule has 0 aromatic rings. The Balaban J connectivity index is 2.42. The van der Waals surface area contributed by atoms with Gasteiger partial charge >= 0.3 is 0 Å². The normalized spacial score (nSPS) is 39.7. The molecular weight excluding hydrogens is 92.1 g/mol. The van der Waals surface area contributed by atoms with Crippen LogP contribution in [0.5, 0.6) is 0 Å². The quantitative estimate of drug-likeness (QED) is 0.443. The lowest BCUT2D eigenvalue weighted by Crippen LogP contribution is -2.06. The highest BCUT2D eigenvalue weighted by molar-refractivity contribution is 4.95. The Morgan fingerprint density at radius 2 is 2.29 bits per heavy atom. The van der Waals surface area contributed by atoms with Gasteiger partial charge in [-0.3, -0.25) is 0 Å². The van der Waals surface area contributed by atoms with Crippen LogP contribution in [0.2, 0.25) is 0 Å². The van der Waals surface area contributed by atoms with Crippen molar-refractivity contribution in [2.24, 2.45) is 0 Å². The van der Waals surface area contributed by atoms with Gasteiger partial charge in [-0.2, -0.15) is 0 Å². The van der Waals surface area contributed by atoms with Crippen LogP contribution in [0.4, 0.5) is 0 Å². The second-order valence-electron chi connectivity index (χ2n) is 1.62. The van der Waals surface area contributed by atoms with E-state index in [-0.39, 0.29) is 6.10 Å². The van der Waals surface area contributed by atoms with E-state index in [4.69, 9.17) is 9.84 Å². The van der Waals surface area contributed by atoms with Crippen molar-refractivity contribution in [2.45, 2.75) is 19.3 Å². The summed E-state index contributed by atoms with van der Waals surface area (Å²) in [5, 5.41) is 8.59. The molecule has 0 amide bonds.